The number of piperidine rings is 1. The highest BCUT2D eigenvalue weighted by molar-refractivity contribution is 5.80. The molecular formula is C13H24N2. The Morgan fingerprint density at radius 2 is 1.87 bits per heavy atom. The molecule has 0 bridgehead atoms. The van der Waals surface area contributed by atoms with Crippen LogP contribution < -0.4 is 0 Å². The summed E-state index contributed by atoms with van der Waals surface area (Å²) in [6.07, 6.45) is 10.4. The van der Waals surface area contributed by atoms with Crippen LogP contribution >= 0.6 is 0 Å². The van der Waals surface area contributed by atoms with Crippen LogP contribution in [0, 0.1) is 11.3 Å². The zero-order valence-corrected chi connectivity index (χ0v) is 9.97. The molecule has 0 spiro atoms. The lowest BCUT2D eigenvalue weighted by atomic mass is 9.93. The van der Waals surface area contributed by atoms with Crippen molar-refractivity contribution in [2.45, 2.75) is 64.3 Å². The number of hydrogen-bond donors (Lipinski definition) is 1. The van der Waals surface area contributed by atoms with Gasteiger partial charge in [0.2, 0.25) is 0 Å². The Morgan fingerprint density at radius 3 is 2.67 bits per heavy atom. The second-order valence-electron chi connectivity index (χ2n) is 5.28. The summed E-state index contributed by atoms with van der Waals surface area (Å²) in [5.41, 5.74) is 0. The van der Waals surface area contributed by atoms with Crippen LogP contribution in [0.1, 0.15) is 58.3 Å². The molecule has 2 aliphatic rings. The summed E-state index contributed by atoms with van der Waals surface area (Å²) in [5.74, 6) is 1.71. The minimum Gasteiger partial charge on any atom is -0.357 e. The molecule has 1 saturated carbocycles. The van der Waals surface area contributed by atoms with Crippen molar-refractivity contribution in [2.75, 3.05) is 6.54 Å². The molecule has 1 aliphatic heterocycles. The van der Waals surface area contributed by atoms with Crippen molar-refractivity contribution in [3.05, 3.63) is 0 Å². The molecule has 0 radical (unpaired) electrons. The molecule has 2 nitrogen and oxygen atoms in total. The van der Waals surface area contributed by atoms with Crippen LogP contribution in [0.25, 0.3) is 0 Å². The van der Waals surface area contributed by atoms with Gasteiger partial charge in [0.1, 0.15) is 0 Å². The summed E-state index contributed by atoms with van der Waals surface area (Å²) in [4.78, 5) is 2.42. The molecule has 2 rings (SSSR count). The van der Waals surface area contributed by atoms with E-state index in [1.165, 1.54) is 44.9 Å². The average Bonchev–Trinajstić information content (AvgIpc) is 2.44. The molecular weight excluding hydrogens is 184 g/mol. The Morgan fingerprint density at radius 1 is 1.07 bits per heavy atom. The molecule has 2 atom stereocenters. The minimum atomic E-state index is 0.681. The van der Waals surface area contributed by atoms with Gasteiger partial charge in [-0.2, -0.15) is 0 Å². The van der Waals surface area contributed by atoms with Gasteiger partial charge >= 0.3 is 0 Å². The van der Waals surface area contributed by atoms with Crippen LogP contribution in [0.15, 0.2) is 0 Å². The Balaban J connectivity index is 2.02. The Kier molecular flexibility index (Phi) is 3.66. The molecule has 15 heavy (non-hydrogen) atoms. The molecule has 1 N–H and O–H groups in total. The van der Waals surface area contributed by atoms with Crippen LogP contribution in [0.4, 0.5) is 0 Å². The van der Waals surface area contributed by atoms with Crippen molar-refractivity contribution in [3.8, 4) is 0 Å². The summed E-state index contributed by atoms with van der Waals surface area (Å²) >= 11 is 0. The van der Waals surface area contributed by atoms with E-state index in [-0.39, 0.29) is 0 Å². The molecule has 1 saturated heterocycles. The van der Waals surface area contributed by atoms with Gasteiger partial charge in [0.25, 0.3) is 0 Å². The Hall–Kier alpha value is -0.530. The van der Waals surface area contributed by atoms with Crippen molar-refractivity contribution in [1.82, 2.24) is 4.90 Å². The molecule has 2 heteroatoms. The van der Waals surface area contributed by atoms with E-state index in [1.54, 1.807) is 0 Å². The van der Waals surface area contributed by atoms with Crippen LogP contribution in [0.2, 0.25) is 0 Å². The quantitative estimate of drug-likeness (QED) is 0.657. The maximum atomic E-state index is 8.07. The van der Waals surface area contributed by atoms with E-state index in [9.17, 15) is 0 Å². The third-order valence-corrected chi connectivity index (χ3v) is 4.13. The smallest absolute Gasteiger partial charge is 0.0960 e. The number of nitrogens with one attached hydrogen (secondary N) is 1. The minimum absolute atomic E-state index is 0.681. The van der Waals surface area contributed by atoms with E-state index >= 15 is 0 Å². The van der Waals surface area contributed by atoms with Gasteiger partial charge < -0.3 is 4.90 Å². The molecule has 0 aromatic carbocycles. The fraction of sp³-hybridized carbons (Fsp3) is 0.923. The first-order chi connectivity index (χ1) is 7.29. The maximum Gasteiger partial charge on any atom is 0.0960 e. The summed E-state index contributed by atoms with van der Waals surface area (Å²) < 4.78 is 0. The monoisotopic (exact) mass is 208 g/mol. The SMILES string of the molecule is CC1CCCCCC1N1CCCCC1=N. The van der Waals surface area contributed by atoms with Gasteiger partial charge in [-0.15, -0.1) is 0 Å². The zero-order chi connectivity index (χ0) is 10.7. The van der Waals surface area contributed by atoms with E-state index in [1.807, 2.05) is 0 Å². The summed E-state index contributed by atoms with van der Waals surface area (Å²) in [6.45, 7) is 3.53. The molecule has 0 aromatic rings. The van der Waals surface area contributed by atoms with Gasteiger partial charge in [0.15, 0.2) is 0 Å². The van der Waals surface area contributed by atoms with Crippen LogP contribution in [0.5, 0.6) is 0 Å². The number of amidine groups is 1. The summed E-state index contributed by atoms with van der Waals surface area (Å²) in [7, 11) is 0. The largest absolute Gasteiger partial charge is 0.357 e. The van der Waals surface area contributed by atoms with E-state index in [0.29, 0.717) is 6.04 Å². The fourth-order valence-corrected chi connectivity index (χ4v) is 3.16. The van der Waals surface area contributed by atoms with Crippen LogP contribution in [-0.4, -0.2) is 23.3 Å². The van der Waals surface area contributed by atoms with Crippen molar-refractivity contribution in [3.63, 3.8) is 0 Å². The maximum absolute atomic E-state index is 8.07. The van der Waals surface area contributed by atoms with Gasteiger partial charge in [-0.1, -0.05) is 26.2 Å². The first-order valence-corrected chi connectivity index (χ1v) is 6.63. The van der Waals surface area contributed by atoms with E-state index in [2.05, 4.69) is 11.8 Å². The molecule has 1 aliphatic carbocycles. The number of rotatable bonds is 1. The molecule has 0 amide bonds. The lowest BCUT2D eigenvalue weighted by Gasteiger charge is -2.39. The Labute approximate surface area is 93.6 Å². The van der Waals surface area contributed by atoms with E-state index < -0.39 is 0 Å². The average molecular weight is 208 g/mol. The van der Waals surface area contributed by atoms with E-state index in [4.69, 9.17) is 5.41 Å². The zero-order valence-electron chi connectivity index (χ0n) is 9.97. The normalized spacial score (nSPS) is 33.9. The molecule has 2 fully saturated rings. The van der Waals surface area contributed by atoms with Crippen molar-refractivity contribution < 1.29 is 0 Å². The van der Waals surface area contributed by atoms with Crippen LogP contribution in [0.3, 0.4) is 0 Å². The Bertz CT molecular complexity index is 225. The van der Waals surface area contributed by atoms with Gasteiger partial charge in [0, 0.05) is 19.0 Å². The number of hydrogen-bond acceptors (Lipinski definition) is 1. The van der Waals surface area contributed by atoms with Gasteiger partial charge in [-0.3, -0.25) is 5.41 Å². The highest BCUT2D eigenvalue weighted by atomic mass is 15.2. The second-order valence-corrected chi connectivity index (χ2v) is 5.28. The van der Waals surface area contributed by atoms with Crippen molar-refractivity contribution in [1.29, 1.82) is 5.41 Å². The number of nitrogens with zero attached hydrogens (tertiary/aromatic N) is 1. The summed E-state index contributed by atoms with van der Waals surface area (Å²) in [6, 6.07) is 0.681. The first kappa shape index (κ1) is 11.0. The highest BCUT2D eigenvalue weighted by Crippen LogP contribution is 2.29. The van der Waals surface area contributed by atoms with Crippen molar-refractivity contribution >= 4 is 5.84 Å². The third-order valence-electron chi connectivity index (χ3n) is 4.13. The highest BCUT2D eigenvalue weighted by Gasteiger charge is 2.28. The second kappa shape index (κ2) is 5.00. The predicted molar refractivity (Wildman–Crippen MR) is 64.3 cm³/mol. The van der Waals surface area contributed by atoms with Gasteiger partial charge in [0.05, 0.1) is 5.84 Å². The molecule has 1 heterocycles. The topological polar surface area (TPSA) is 27.1 Å². The molecule has 86 valence electrons. The lowest BCUT2D eigenvalue weighted by molar-refractivity contribution is 0.206. The standard InChI is InChI=1S/C13H24N2/c1-11-7-3-2-4-8-12(11)15-10-6-5-9-13(15)14/h11-12,14H,2-10H2,1H3. The van der Waals surface area contributed by atoms with E-state index in [0.717, 1.165) is 24.7 Å². The van der Waals surface area contributed by atoms with Gasteiger partial charge in [-0.25, -0.2) is 0 Å². The predicted octanol–water partition coefficient (Wildman–Crippen LogP) is 3.42. The van der Waals surface area contributed by atoms with Crippen LogP contribution in [-0.2, 0) is 0 Å². The van der Waals surface area contributed by atoms with Gasteiger partial charge in [-0.05, 0) is 31.6 Å². The molecule has 2 unspecified atom stereocenters. The molecule has 0 aromatic heterocycles. The third kappa shape index (κ3) is 2.53. The lowest BCUT2D eigenvalue weighted by Crippen LogP contribution is -2.45. The first-order valence-electron chi connectivity index (χ1n) is 6.63. The fourth-order valence-electron chi connectivity index (χ4n) is 3.16. The van der Waals surface area contributed by atoms with Crippen molar-refractivity contribution in [2.24, 2.45) is 5.92 Å². The summed E-state index contributed by atoms with van der Waals surface area (Å²) in [5, 5.41) is 8.07. The number of likely N-dealkylation sites (tertiary alicyclic amines) is 1.